The van der Waals surface area contributed by atoms with Gasteiger partial charge in [-0.3, -0.25) is 14.5 Å². The lowest BCUT2D eigenvalue weighted by Crippen LogP contribution is -2.50. The Labute approximate surface area is 188 Å². The Morgan fingerprint density at radius 3 is 2.55 bits per heavy atom. The van der Waals surface area contributed by atoms with Crippen LogP contribution in [-0.4, -0.2) is 71.5 Å². The number of thioether (sulfide) groups is 1. The van der Waals surface area contributed by atoms with Crippen molar-refractivity contribution in [2.75, 3.05) is 45.0 Å². The maximum Gasteiger partial charge on any atom is 0.264 e. The summed E-state index contributed by atoms with van der Waals surface area (Å²) in [5, 5.41) is 2.93. The molecule has 2 aliphatic rings. The third-order valence-electron chi connectivity index (χ3n) is 5.25. The number of thiophene rings is 1. The number of benzene rings is 1. The van der Waals surface area contributed by atoms with Crippen LogP contribution in [0.25, 0.3) is 0 Å². The summed E-state index contributed by atoms with van der Waals surface area (Å²) >= 11 is 15.3. The van der Waals surface area contributed by atoms with Gasteiger partial charge >= 0.3 is 0 Å². The van der Waals surface area contributed by atoms with Gasteiger partial charge in [-0.1, -0.05) is 35.3 Å². The molecule has 0 bridgehead atoms. The first-order valence-electron chi connectivity index (χ1n) is 9.44. The van der Waals surface area contributed by atoms with Crippen LogP contribution in [0.5, 0.6) is 0 Å². The van der Waals surface area contributed by atoms with Crippen molar-refractivity contribution in [3.8, 4) is 0 Å². The topological polar surface area (TPSA) is 43.9 Å². The number of rotatable bonds is 5. The lowest BCUT2D eigenvalue weighted by Gasteiger charge is -2.36. The molecule has 0 saturated carbocycles. The van der Waals surface area contributed by atoms with Crippen molar-refractivity contribution in [2.45, 2.75) is 5.37 Å². The fourth-order valence-corrected chi connectivity index (χ4v) is 5.82. The summed E-state index contributed by atoms with van der Waals surface area (Å²) in [5.74, 6) is 0.747. The van der Waals surface area contributed by atoms with E-state index in [0.29, 0.717) is 22.3 Å². The van der Waals surface area contributed by atoms with Crippen molar-refractivity contribution in [2.24, 2.45) is 0 Å². The number of hydrogen-bond acceptors (Lipinski definition) is 5. The lowest BCUT2D eigenvalue weighted by atomic mass is 10.2. The summed E-state index contributed by atoms with van der Waals surface area (Å²) in [6.45, 7) is 4.54. The number of piperazine rings is 1. The highest BCUT2D eigenvalue weighted by molar-refractivity contribution is 8.00. The van der Waals surface area contributed by atoms with E-state index in [1.807, 2.05) is 39.4 Å². The van der Waals surface area contributed by atoms with Gasteiger partial charge < -0.3 is 9.80 Å². The molecule has 0 radical (unpaired) electrons. The van der Waals surface area contributed by atoms with Gasteiger partial charge in [-0.15, -0.1) is 23.1 Å². The van der Waals surface area contributed by atoms with Crippen LogP contribution in [0.15, 0.2) is 35.7 Å². The van der Waals surface area contributed by atoms with Crippen molar-refractivity contribution in [1.29, 1.82) is 0 Å². The first-order chi connectivity index (χ1) is 14.0. The summed E-state index contributed by atoms with van der Waals surface area (Å²) in [5.41, 5.74) is 1.00. The van der Waals surface area contributed by atoms with Crippen LogP contribution in [0.2, 0.25) is 10.0 Å². The summed E-state index contributed by atoms with van der Waals surface area (Å²) in [4.78, 5) is 31.9. The van der Waals surface area contributed by atoms with E-state index in [4.69, 9.17) is 23.2 Å². The molecule has 0 N–H and O–H groups in total. The van der Waals surface area contributed by atoms with Gasteiger partial charge in [0.1, 0.15) is 5.37 Å². The number of hydrogen-bond donors (Lipinski definition) is 0. The maximum absolute atomic E-state index is 12.5. The van der Waals surface area contributed by atoms with Crippen molar-refractivity contribution in [3.05, 3.63) is 56.2 Å². The molecule has 9 heteroatoms. The molecule has 2 fully saturated rings. The third-order valence-corrected chi connectivity index (χ3v) is 8.10. The van der Waals surface area contributed by atoms with Gasteiger partial charge in [0.15, 0.2) is 0 Å². The monoisotopic (exact) mass is 469 g/mol. The average Bonchev–Trinajstić information content (AvgIpc) is 3.39. The number of amides is 2. The summed E-state index contributed by atoms with van der Waals surface area (Å²) < 4.78 is 0. The van der Waals surface area contributed by atoms with Crippen LogP contribution in [0, 0.1) is 0 Å². The van der Waals surface area contributed by atoms with Gasteiger partial charge in [0.2, 0.25) is 5.91 Å². The normalized spacial score (nSPS) is 20.5. The van der Waals surface area contributed by atoms with E-state index in [1.165, 1.54) is 11.3 Å². The quantitative estimate of drug-likeness (QED) is 0.661. The fraction of sp³-hybridized carbons (Fsp3) is 0.400. The van der Waals surface area contributed by atoms with Gasteiger partial charge in [-0.2, -0.15) is 0 Å². The second-order valence-electron chi connectivity index (χ2n) is 7.04. The van der Waals surface area contributed by atoms with E-state index < -0.39 is 0 Å². The minimum Gasteiger partial charge on any atom is -0.335 e. The minimum absolute atomic E-state index is 0.0287. The third kappa shape index (κ3) is 4.75. The van der Waals surface area contributed by atoms with E-state index in [1.54, 1.807) is 17.8 Å². The molecule has 1 unspecified atom stereocenters. The van der Waals surface area contributed by atoms with Gasteiger partial charge in [-0.25, -0.2) is 0 Å². The van der Waals surface area contributed by atoms with Crippen molar-refractivity contribution in [1.82, 2.24) is 14.7 Å². The van der Waals surface area contributed by atoms with Crippen LogP contribution >= 0.6 is 46.3 Å². The molecule has 1 atom stereocenters. The maximum atomic E-state index is 12.5. The highest BCUT2D eigenvalue weighted by atomic mass is 35.5. The zero-order chi connectivity index (χ0) is 20.4. The molecular formula is C20H21Cl2N3O2S2. The van der Waals surface area contributed by atoms with Crippen molar-refractivity contribution < 1.29 is 9.59 Å². The SMILES string of the molecule is O=C(c1cccs1)N1CCN(CCN2C(=O)CSC2c2ccc(Cl)c(Cl)c2)CC1. The Bertz CT molecular complexity index is 886. The summed E-state index contributed by atoms with van der Waals surface area (Å²) in [6.07, 6.45) is 0. The van der Waals surface area contributed by atoms with E-state index in [2.05, 4.69) is 4.90 Å². The molecule has 1 aromatic carbocycles. The fourth-order valence-electron chi connectivity index (χ4n) is 3.62. The van der Waals surface area contributed by atoms with E-state index in [9.17, 15) is 9.59 Å². The Morgan fingerprint density at radius 1 is 1.07 bits per heavy atom. The Kier molecular flexibility index (Phi) is 6.71. The molecule has 29 heavy (non-hydrogen) atoms. The molecule has 154 valence electrons. The zero-order valence-electron chi connectivity index (χ0n) is 15.7. The lowest BCUT2D eigenvalue weighted by molar-refractivity contribution is -0.128. The van der Waals surface area contributed by atoms with Crippen LogP contribution < -0.4 is 0 Å². The standard InChI is InChI=1S/C20H21Cl2N3O2S2/c21-15-4-3-14(12-16(15)22)20-25(18(26)13-29-20)10-7-23-5-8-24(9-6-23)19(27)17-2-1-11-28-17/h1-4,11-12,20H,5-10,13H2. The molecule has 2 saturated heterocycles. The summed E-state index contributed by atoms with van der Waals surface area (Å²) in [7, 11) is 0. The molecule has 5 nitrogen and oxygen atoms in total. The second kappa shape index (κ2) is 9.27. The van der Waals surface area contributed by atoms with Gasteiger partial charge in [-0.05, 0) is 29.1 Å². The predicted molar refractivity (Wildman–Crippen MR) is 120 cm³/mol. The predicted octanol–water partition coefficient (Wildman–Crippen LogP) is 4.09. The van der Waals surface area contributed by atoms with Gasteiger partial charge in [0.25, 0.3) is 5.91 Å². The molecule has 4 rings (SSSR count). The van der Waals surface area contributed by atoms with E-state index in [0.717, 1.165) is 43.2 Å². The van der Waals surface area contributed by atoms with E-state index in [-0.39, 0.29) is 17.2 Å². The molecular weight excluding hydrogens is 449 g/mol. The average molecular weight is 470 g/mol. The highest BCUT2D eigenvalue weighted by Gasteiger charge is 2.33. The molecule has 0 aliphatic carbocycles. The Morgan fingerprint density at radius 2 is 1.86 bits per heavy atom. The summed E-state index contributed by atoms with van der Waals surface area (Å²) in [6, 6.07) is 9.35. The number of carbonyl (C=O) groups excluding carboxylic acids is 2. The van der Waals surface area contributed by atoms with Crippen LogP contribution in [0.3, 0.4) is 0 Å². The Hall–Kier alpha value is -1.25. The highest BCUT2D eigenvalue weighted by Crippen LogP contribution is 2.40. The minimum atomic E-state index is -0.0287. The van der Waals surface area contributed by atoms with E-state index >= 15 is 0 Å². The molecule has 3 heterocycles. The van der Waals surface area contributed by atoms with Gasteiger partial charge in [0, 0.05) is 39.3 Å². The van der Waals surface area contributed by atoms with Crippen LogP contribution in [-0.2, 0) is 4.79 Å². The second-order valence-corrected chi connectivity index (χ2v) is 9.87. The Balaban J connectivity index is 1.32. The molecule has 2 aliphatic heterocycles. The first-order valence-corrected chi connectivity index (χ1v) is 12.1. The van der Waals surface area contributed by atoms with Crippen molar-refractivity contribution in [3.63, 3.8) is 0 Å². The molecule has 2 aromatic rings. The number of carbonyl (C=O) groups is 2. The van der Waals surface area contributed by atoms with Crippen molar-refractivity contribution >= 4 is 58.1 Å². The smallest absolute Gasteiger partial charge is 0.264 e. The van der Waals surface area contributed by atoms with Crippen LogP contribution in [0.1, 0.15) is 20.6 Å². The molecule has 2 amide bonds. The van der Waals surface area contributed by atoms with Crippen LogP contribution in [0.4, 0.5) is 0 Å². The number of nitrogens with zero attached hydrogens (tertiary/aromatic N) is 3. The largest absolute Gasteiger partial charge is 0.335 e. The van der Waals surface area contributed by atoms with Gasteiger partial charge in [0.05, 0.1) is 20.7 Å². The number of halogens is 2. The zero-order valence-corrected chi connectivity index (χ0v) is 18.9. The molecule has 1 aromatic heterocycles. The first kappa shape index (κ1) is 21.0. The molecule has 0 spiro atoms.